The number of rotatable bonds is 4. The first kappa shape index (κ1) is 35.8. The molecular weight excluding hydrogens is 779 g/mol. The highest BCUT2D eigenvalue weighted by molar-refractivity contribution is 6.35. The number of halogens is 7. The molecule has 7 aromatic rings. The summed E-state index contributed by atoms with van der Waals surface area (Å²) in [6.45, 7) is 1.79. The smallest absolute Gasteiger partial charge is 0.132 e. The Bertz CT molecular complexity index is 2560. The number of fused-ring (bicyclic) bond motifs is 8. The molecule has 8 bridgehead atoms. The number of nitrogens with one attached hydrogen (secondary N) is 2. The number of aromatic amines is 2. The van der Waals surface area contributed by atoms with Gasteiger partial charge in [-0.2, -0.15) is 0 Å². The van der Waals surface area contributed by atoms with E-state index >= 15 is 17.6 Å². The van der Waals surface area contributed by atoms with E-state index in [-0.39, 0.29) is 48.6 Å². The molecule has 9 rings (SSSR count). The van der Waals surface area contributed by atoms with Gasteiger partial charge in [-0.15, -0.1) is 0 Å². The second-order valence-corrected chi connectivity index (χ2v) is 14.4. The lowest BCUT2D eigenvalue weighted by Crippen LogP contribution is -1.95. The summed E-state index contributed by atoms with van der Waals surface area (Å²) >= 11 is 20.2. The van der Waals surface area contributed by atoms with Crippen molar-refractivity contribution in [3.8, 4) is 44.5 Å². The van der Waals surface area contributed by atoms with Gasteiger partial charge < -0.3 is 9.97 Å². The maximum Gasteiger partial charge on any atom is 0.132 e. The quantitative estimate of drug-likeness (QED) is 0.174. The molecule has 0 aliphatic carbocycles. The number of aryl methyl sites for hydroxylation is 1. The molecule has 0 atom stereocenters. The largest absolute Gasteiger partial charge is 0.354 e. The van der Waals surface area contributed by atoms with Crippen molar-refractivity contribution in [3.63, 3.8) is 0 Å². The zero-order valence-electron chi connectivity index (χ0n) is 29.1. The molecule has 0 fully saturated rings. The molecule has 0 amide bonds. The van der Waals surface area contributed by atoms with Crippen LogP contribution >= 0.6 is 34.8 Å². The summed E-state index contributed by atoms with van der Waals surface area (Å²) in [5.41, 5.74) is 5.25. The molecule has 274 valence electrons. The average Bonchev–Trinajstić information content (AvgIpc) is 4.00. The molecule has 5 heterocycles. The number of aromatic nitrogens is 4. The Labute approximate surface area is 332 Å². The van der Waals surface area contributed by atoms with Gasteiger partial charge in [-0.05, 0) is 104 Å². The van der Waals surface area contributed by atoms with Crippen molar-refractivity contribution in [3.05, 3.63) is 164 Å². The van der Waals surface area contributed by atoms with Crippen molar-refractivity contribution in [2.24, 2.45) is 0 Å². The third kappa shape index (κ3) is 5.93. The summed E-state index contributed by atoms with van der Waals surface area (Å²) in [5, 5.41) is 0.356. The minimum absolute atomic E-state index is 0.0552. The maximum absolute atomic E-state index is 16.0. The van der Waals surface area contributed by atoms with Gasteiger partial charge in [0, 0.05) is 66.6 Å². The van der Waals surface area contributed by atoms with E-state index in [1.54, 1.807) is 85.8 Å². The molecule has 3 aromatic heterocycles. The Morgan fingerprint density at radius 3 is 0.964 bits per heavy atom. The molecule has 2 aliphatic rings. The Morgan fingerprint density at radius 2 is 0.661 bits per heavy atom. The fourth-order valence-electron chi connectivity index (χ4n) is 7.42. The van der Waals surface area contributed by atoms with Crippen molar-refractivity contribution < 1.29 is 17.6 Å². The van der Waals surface area contributed by atoms with E-state index in [4.69, 9.17) is 44.8 Å². The van der Waals surface area contributed by atoms with E-state index in [2.05, 4.69) is 9.97 Å². The number of H-pyrrole nitrogens is 2. The van der Waals surface area contributed by atoms with E-state index < -0.39 is 23.3 Å². The van der Waals surface area contributed by atoms with E-state index in [1.807, 2.05) is 0 Å². The van der Waals surface area contributed by atoms with Crippen LogP contribution in [-0.4, -0.2) is 19.9 Å². The fourth-order valence-corrected chi connectivity index (χ4v) is 8.19. The molecule has 2 N–H and O–H groups in total. The van der Waals surface area contributed by atoms with Gasteiger partial charge in [0.15, 0.2) is 0 Å². The van der Waals surface area contributed by atoms with Crippen LogP contribution in [0.3, 0.4) is 0 Å². The van der Waals surface area contributed by atoms with E-state index in [1.165, 1.54) is 42.5 Å². The monoisotopic (exact) mass is 802 g/mol. The molecule has 4 nitrogen and oxygen atoms in total. The summed E-state index contributed by atoms with van der Waals surface area (Å²) in [5.74, 6) is -2.33. The topological polar surface area (TPSA) is 57.4 Å². The Balaban J connectivity index is 1.55. The van der Waals surface area contributed by atoms with Gasteiger partial charge in [-0.25, -0.2) is 27.5 Å². The summed E-state index contributed by atoms with van der Waals surface area (Å²) < 4.78 is 63.8. The molecule has 0 unspecified atom stereocenters. The molecule has 11 heteroatoms. The van der Waals surface area contributed by atoms with Crippen LogP contribution < -0.4 is 0 Å². The Morgan fingerprint density at radius 1 is 0.375 bits per heavy atom. The molecule has 2 aliphatic heterocycles. The summed E-state index contributed by atoms with van der Waals surface area (Å²) in [6.07, 6.45) is 6.77. The van der Waals surface area contributed by atoms with Crippen LogP contribution in [0.25, 0.3) is 90.9 Å². The third-order valence-corrected chi connectivity index (χ3v) is 10.8. The minimum Gasteiger partial charge on any atom is -0.354 e. The van der Waals surface area contributed by atoms with Crippen LogP contribution in [0.4, 0.5) is 17.6 Å². The second-order valence-electron chi connectivity index (χ2n) is 13.2. The molecule has 4 aromatic carbocycles. The van der Waals surface area contributed by atoms with Crippen LogP contribution in [0.1, 0.15) is 28.3 Å². The average molecular weight is 804 g/mol. The van der Waals surface area contributed by atoms with Crippen molar-refractivity contribution in [2.75, 3.05) is 0 Å². The predicted octanol–water partition coefficient (Wildman–Crippen LogP) is 14.1. The van der Waals surface area contributed by atoms with Gasteiger partial charge in [0.05, 0.1) is 37.8 Å². The predicted molar refractivity (Wildman–Crippen MR) is 220 cm³/mol. The van der Waals surface area contributed by atoms with E-state index in [0.29, 0.717) is 61.4 Å². The van der Waals surface area contributed by atoms with Gasteiger partial charge in [0.2, 0.25) is 0 Å². The van der Waals surface area contributed by atoms with Crippen LogP contribution in [0.2, 0.25) is 15.1 Å². The van der Waals surface area contributed by atoms with Gasteiger partial charge in [-0.1, -0.05) is 65.1 Å². The van der Waals surface area contributed by atoms with Crippen LogP contribution in [-0.2, 0) is 0 Å². The van der Waals surface area contributed by atoms with Crippen LogP contribution in [0.5, 0.6) is 0 Å². The zero-order valence-corrected chi connectivity index (χ0v) is 31.4. The van der Waals surface area contributed by atoms with Crippen molar-refractivity contribution in [1.29, 1.82) is 0 Å². The number of hydrogen-bond donors (Lipinski definition) is 2. The Hall–Kier alpha value is -5.93. The van der Waals surface area contributed by atoms with E-state index in [0.717, 1.165) is 0 Å². The third-order valence-electron chi connectivity index (χ3n) is 9.86. The normalized spacial score (nSPS) is 12.1. The van der Waals surface area contributed by atoms with Gasteiger partial charge >= 0.3 is 0 Å². The van der Waals surface area contributed by atoms with Crippen molar-refractivity contribution in [1.82, 2.24) is 19.9 Å². The molecular formula is C45H25Cl3F4N4. The first-order valence-electron chi connectivity index (χ1n) is 17.3. The first-order valence-corrected chi connectivity index (χ1v) is 18.5. The SMILES string of the molecule is Cc1cccc(F)c1-c1c2nc(c(-c3c(F)cccc3Cl)c3ccc([nH]3)c(-c3c(F)cccc3Cl)c3nc(c(-c4c(F)cccc4Cl)c4ccc1[nH]4)C=C3)C=C2. The lowest BCUT2D eigenvalue weighted by Gasteiger charge is -2.11. The zero-order chi connectivity index (χ0) is 38.8. The van der Waals surface area contributed by atoms with Crippen LogP contribution in [0.15, 0.2) is 97.1 Å². The number of nitrogens with zero attached hydrogens (tertiary/aromatic N) is 2. The molecule has 56 heavy (non-hydrogen) atoms. The fraction of sp³-hybridized carbons (Fsp3) is 0.0222. The summed E-state index contributed by atoms with van der Waals surface area (Å²) in [7, 11) is 0. The summed E-state index contributed by atoms with van der Waals surface area (Å²) in [6, 6.07) is 24.7. The highest BCUT2D eigenvalue weighted by atomic mass is 35.5. The maximum atomic E-state index is 16.0. The van der Waals surface area contributed by atoms with E-state index in [9.17, 15) is 0 Å². The standard InChI is InChI=1S/C45H25Cl3F4N4/c1-22-6-2-10-26(49)38(22)42-30-14-16-32(53-30)43(39-23(46)7-3-11-27(39)50)34-18-20-36(55-34)45(41-25(48)9-5-13-29(41)52)37-21-19-35(56-37)44(33-17-15-31(42)54-33)40-24(47)8-4-12-28(40)51/h2-21,53,56H,1H3. The van der Waals surface area contributed by atoms with Crippen molar-refractivity contribution >= 4 is 81.2 Å². The van der Waals surface area contributed by atoms with Gasteiger partial charge in [0.25, 0.3) is 0 Å². The van der Waals surface area contributed by atoms with Crippen molar-refractivity contribution in [2.45, 2.75) is 6.92 Å². The molecule has 0 radical (unpaired) electrons. The second kappa shape index (κ2) is 14.0. The van der Waals surface area contributed by atoms with Crippen LogP contribution in [0, 0.1) is 30.2 Å². The molecule has 0 spiro atoms. The molecule has 0 saturated heterocycles. The number of benzene rings is 4. The van der Waals surface area contributed by atoms with Gasteiger partial charge in [0.1, 0.15) is 23.3 Å². The Kier molecular flexibility index (Phi) is 8.92. The minimum atomic E-state index is -0.617. The highest BCUT2D eigenvalue weighted by Gasteiger charge is 2.25. The first-order chi connectivity index (χ1) is 27.1. The highest BCUT2D eigenvalue weighted by Crippen LogP contribution is 2.43. The lowest BCUT2D eigenvalue weighted by atomic mass is 9.98. The number of hydrogen-bond acceptors (Lipinski definition) is 2. The van der Waals surface area contributed by atoms with Gasteiger partial charge in [-0.3, -0.25) is 0 Å². The lowest BCUT2D eigenvalue weighted by molar-refractivity contribution is 0.630. The summed E-state index contributed by atoms with van der Waals surface area (Å²) in [4.78, 5) is 16.7. The molecule has 0 saturated carbocycles.